The zero-order valence-corrected chi connectivity index (χ0v) is 57.3. The average molecular weight is 1270 g/mol. The summed E-state index contributed by atoms with van der Waals surface area (Å²) in [4.78, 5) is 45.0. The highest BCUT2D eigenvalue weighted by atomic mass is 35.5. The van der Waals surface area contributed by atoms with Gasteiger partial charge in [0.1, 0.15) is 22.5 Å². The summed E-state index contributed by atoms with van der Waals surface area (Å²) in [5, 5.41) is 0.551. The number of halogens is 1. The molecular weight excluding hydrogens is 1180 g/mol. The third kappa shape index (κ3) is 35.7. The molecule has 0 atom stereocenters. The van der Waals surface area contributed by atoms with Crippen LogP contribution in [0.4, 0.5) is 11.6 Å². The van der Waals surface area contributed by atoms with E-state index in [1.807, 2.05) is 172 Å². The van der Waals surface area contributed by atoms with E-state index in [1.54, 1.807) is 77.9 Å². The van der Waals surface area contributed by atoms with Crippen LogP contribution in [-0.2, 0) is 9.47 Å². The van der Waals surface area contributed by atoms with Crippen molar-refractivity contribution in [1.82, 2.24) is 44.9 Å². The summed E-state index contributed by atoms with van der Waals surface area (Å²) in [7, 11) is 6.47. The Kier molecular flexibility index (Phi) is 39.0. The van der Waals surface area contributed by atoms with Crippen LogP contribution in [0.2, 0.25) is 5.15 Å². The highest BCUT2D eigenvalue weighted by Gasteiger charge is 2.12. The molecule has 0 amide bonds. The molecular formula is C73H95ClN12O6. The van der Waals surface area contributed by atoms with Crippen LogP contribution in [0.5, 0.6) is 23.4 Å². The van der Waals surface area contributed by atoms with Crippen molar-refractivity contribution in [1.29, 1.82) is 0 Å². The number of methoxy groups -OCH3 is 4. The van der Waals surface area contributed by atoms with Gasteiger partial charge in [-0.05, 0) is 196 Å². The first kappa shape index (κ1) is 76.9. The van der Waals surface area contributed by atoms with Crippen molar-refractivity contribution in [2.45, 2.75) is 95.4 Å². The monoisotopic (exact) mass is 1270 g/mol. The molecule has 19 heteroatoms. The number of piperidine rings is 1. The van der Waals surface area contributed by atoms with Gasteiger partial charge in [0.25, 0.3) is 0 Å². The van der Waals surface area contributed by atoms with E-state index >= 15 is 0 Å². The predicted molar refractivity (Wildman–Crippen MR) is 374 cm³/mol. The second kappa shape index (κ2) is 46.7. The van der Waals surface area contributed by atoms with Crippen molar-refractivity contribution < 1.29 is 28.4 Å². The molecule has 2 saturated heterocycles. The van der Waals surface area contributed by atoms with Crippen molar-refractivity contribution in [3.05, 3.63) is 245 Å². The van der Waals surface area contributed by atoms with Crippen molar-refractivity contribution in [2.24, 2.45) is 4.99 Å². The van der Waals surface area contributed by atoms with E-state index in [4.69, 9.17) is 40.0 Å². The smallest absolute Gasteiger partial charge is 0.215 e. The SMILES string of the molecule is CC1=CC(C)=NCO1.COc1ccc(C)cn1.COc1ccc(C)nc1.COc1cccc(C)n1.COc1ncccc1C.Cc1ccc(Cl)nc1.Cc1ccc(N2CCCCC2)nc1.Cc1ccc(N2CCOCC2)nc1.Cc1cccnc1.Cc1ccncc1. The third-order valence-electron chi connectivity index (χ3n) is 12.8. The van der Waals surface area contributed by atoms with E-state index < -0.39 is 0 Å². The molecule has 490 valence electrons. The minimum absolute atomic E-state index is 0.494. The van der Waals surface area contributed by atoms with Crippen LogP contribution in [0.25, 0.3) is 0 Å². The van der Waals surface area contributed by atoms with Crippen molar-refractivity contribution in [3.63, 3.8) is 0 Å². The molecule has 0 radical (unpaired) electrons. The summed E-state index contributed by atoms with van der Waals surface area (Å²) < 4.78 is 29.9. The molecule has 3 aliphatic rings. The summed E-state index contributed by atoms with van der Waals surface area (Å²) in [6, 6.07) is 37.2. The van der Waals surface area contributed by atoms with Crippen LogP contribution in [0, 0.1) is 62.3 Å². The van der Waals surface area contributed by atoms with Gasteiger partial charge >= 0.3 is 0 Å². The molecule has 12 rings (SSSR count). The van der Waals surface area contributed by atoms with Gasteiger partial charge in [-0.15, -0.1) is 0 Å². The fourth-order valence-electron chi connectivity index (χ4n) is 7.62. The zero-order valence-electron chi connectivity index (χ0n) is 56.6. The van der Waals surface area contributed by atoms with E-state index in [0.29, 0.717) is 29.5 Å². The van der Waals surface area contributed by atoms with E-state index in [1.165, 1.54) is 54.6 Å². The van der Waals surface area contributed by atoms with E-state index in [-0.39, 0.29) is 0 Å². The first-order valence-corrected chi connectivity index (χ1v) is 30.7. The van der Waals surface area contributed by atoms with Crippen LogP contribution < -0.4 is 28.7 Å². The number of anilines is 2. The third-order valence-corrected chi connectivity index (χ3v) is 13.0. The molecule has 2 fully saturated rings. The Balaban J connectivity index is 0.000000269. The van der Waals surface area contributed by atoms with Gasteiger partial charge in [-0.3, -0.25) is 19.9 Å². The van der Waals surface area contributed by atoms with Gasteiger partial charge in [0.05, 0.1) is 53.6 Å². The second-order valence-electron chi connectivity index (χ2n) is 20.9. The lowest BCUT2D eigenvalue weighted by atomic mass is 10.1. The Morgan fingerprint density at radius 2 is 1.01 bits per heavy atom. The molecule has 0 saturated carbocycles. The Hall–Kier alpha value is -9.39. The minimum atomic E-state index is 0.494. The molecule has 3 aliphatic heterocycles. The maximum atomic E-state index is 5.50. The topological polar surface area (TPSA) is 190 Å². The number of nitrogens with zero attached hydrogens (tertiary/aromatic N) is 12. The molecule has 0 N–H and O–H groups in total. The molecule has 9 aromatic heterocycles. The van der Waals surface area contributed by atoms with Crippen LogP contribution in [0.3, 0.4) is 0 Å². The van der Waals surface area contributed by atoms with Gasteiger partial charge in [-0.25, -0.2) is 29.9 Å². The summed E-state index contributed by atoms with van der Waals surface area (Å²) >= 11 is 5.50. The molecule has 0 aromatic carbocycles. The average Bonchev–Trinajstić information content (AvgIpc) is 3.67. The summed E-state index contributed by atoms with van der Waals surface area (Å²) in [6.07, 6.45) is 23.9. The fraction of sp³-hybridized carbons (Fsp3) is 0.342. The number of rotatable bonds is 6. The number of allylic oxidation sites excluding steroid dienone is 2. The van der Waals surface area contributed by atoms with Gasteiger partial charge < -0.3 is 38.2 Å². The number of hydrogen-bond acceptors (Lipinski definition) is 18. The number of aryl methyl sites for hydroxylation is 9. The number of aliphatic imine (C=N–C) groups is 1. The van der Waals surface area contributed by atoms with Gasteiger partial charge in [-0.2, -0.15) is 0 Å². The number of ether oxygens (including phenoxy) is 6. The van der Waals surface area contributed by atoms with Gasteiger partial charge in [0.15, 0.2) is 6.73 Å². The van der Waals surface area contributed by atoms with E-state index in [9.17, 15) is 0 Å². The maximum Gasteiger partial charge on any atom is 0.215 e. The van der Waals surface area contributed by atoms with Crippen LogP contribution in [0.15, 0.2) is 194 Å². The van der Waals surface area contributed by atoms with Crippen molar-refractivity contribution >= 4 is 28.9 Å². The van der Waals surface area contributed by atoms with Crippen LogP contribution in [-0.4, -0.2) is 125 Å². The lowest BCUT2D eigenvalue weighted by Gasteiger charge is -2.27. The lowest BCUT2D eigenvalue weighted by molar-refractivity contribution is 0.122. The van der Waals surface area contributed by atoms with Crippen molar-refractivity contribution in [2.75, 3.05) is 84.4 Å². The number of pyridine rings is 9. The molecule has 0 unspecified atom stereocenters. The largest absolute Gasteiger partial charge is 0.495 e. The van der Waals surface area contributed by atoms with E-state index in [0.717, 1.165) is 83.2 Å². The van der Waals surface area contributed by atoms with Crippen LogP contribution >= 0.6 is 11.6 Å². The lowest BCUT2D eigenvalue weighted by Crippen LogP contribution is -2.36. The first-order chi connectivity index (χ1) is 44.4. The molecule has 0 spiro atoms. The van der Waals surface area contributed by atoms with Gasteiger partial charge in [0, 0.05) is 117 Å². The highest BCUT2D eigenvalue weighted by molar-refractivity contribution is 6.29. The summed E-state index contributed by atoms with van der Waals surface area (Å²) in [5.41, 5.74) is 11.3. The number of morpholine rings is 1. The Labute approximate surface area is 552 Å². The first-order valence-electron chi connectivity index (χ1n) is 30.3. The quantitative estimate of drug-likeness (QED) is 0.143. The molecule has 9 aromatic rings. The maximum absolute atomic E-state index is 5.50. The van der Waals surface area contributed by atoms with Crippen molar-refractivity contribution in [3.8, 4) is 23.4 Å². The molecule has 92 heavy (non-hydrogen) atoms. The molecule has 0 bridgehead atoms. The summed E-state index contributed by atoms with van der Waals surface area (Å²) in [5.74, 6) is 6.02. The number of aromatic nitrogens is 9. The van der Waals surface area contributed by atoms with Gasteiger partial charge in [0.2, 0.25) is 17.6 Å². The molecule has 12 heterocycles. The standard InChI is InChI=1S/C11H16N2.C10H14N2O.4C7H9NO.C6H6ClN.C6H9NO.2C6H7N/c1-10-5-6-11(12-9-10)13-7-3-2-4-8-13;1-9-2-3-10(11-8-9)12-4-6-13-7-5-12;1-6-3-4-7(9-2)5-8-6;1-6-3-4-7(9-2)8-5-6;1-6-4-3-5-8-7(6)9-2;1-6-4-3-5-7(8-6)9-2;1-5-2-3-6(7)8-4-5;1-5-3-6(2)8-4-7-5;1-6-2-4-7-5-3-6;1-6-3-2-4-7-5-6/h5-6,9H,2-4,7-8H2,1H3;2-3,8H,4-7H2,1H3;4*3-5H,1-2H3;2-4H,1H3;3H,4H2,1-2H3;2*2-5H,1H3. The van der Waals surface area contributed by atoms with Crippen LogP contribution in [0.1, 0.15) is 83.4 Å². The van der Waals surface area contributed by atoms with Gasteiger partial charge in [-0.1, -0.05) is 54.1 Å². The second-order valence-corrected chi connectivity index (χ2v) is 21.3. The Morgan fingerprint density at radius 3 is 1.40 bits per heavy atom. The minimum Gasteiger partial charge on any atom is -0.495 e. The predicted octanol–water partition coefficient (Wildman–Crippen LogP) is 15.4. The normalized spacial score (nSPS) is 12.3. The summed E-state index contributed by atoms with van der Waals surface area (Å²) in [6.45, 7) is 28.3. The number of hydrogen-bond donors (Lipinski definition) is 0. The Morgan fingerprint density at radius 1 is 0.424 bits per heavy atom. The Bertz CT molecular complexity index is 3210. The highest BCUT2D eigenvalue weighted by Crippen LogP contribution is 2.18. The molecule has 0 aliphatic carbocycles. The van der Waals surface area contributed by atoms with E-state index in [2.05, 4.69) is 97.8 Å². The zero-order chi connectivity index (χ0) is 67.1. The fourth-order valence-corrected chi connectivity index (χ4v) is 7.73. The molecule has 18 nitrogen and oxygen atoms in total.